The van der Waals surface area contributed by atoms with E-state index in [-0.39, 0.29) is 5.91 Å². The molecule has 0 saturated carbocycles. The van der Waals surface area contributed by atoms with E-state index in [9.17, 15) is 4.79 Å². The van der Waals surface area contributed by atoms with Crippen molar-refractivity contribution in [3.05, 3.63) is 29.6 Å². The Morgan fingerprint density at radius 1 is 1.26 bits per heavy atom. The monoisotopic (exact) mass is 261 g/mol. The zero-order chi connectivity index (χ0) is 13.8. The molecule has 0 aromatic carbocycles. The molecule has 1 fully saturated rings. The maximum absolute atomic E-state index is 12.3. The maximum Gasteiger partial charge on any atom is 0.255 e. The van der Waals surface area contributed by atoms with E-state index in [2.05, 4.69) is 30.7 Å². The van der Waals surface area contributed by atoms with Gasteiger partial charge < -0.3 is 9.80 Å². The molecule has 0 radical (unpaired) electrons. The first-order valence-electron chi connectivity index (χ1n) is 7.09. The summed E-state index contributed by atoms with van der Waals surface area (Å²) in [5.41, 5.74) is 1.74. The Morgan fingerprint density at radius 3 is 2.42 bits per heavy atom. The number of pyridine rings is 1. The molecule has 1 saturated heterocycles. The van der Waals surface area contributed by atoms with E-state index in [1.807, 2.05) is 17.0 Å². The lowest BCUT2D eigenvalue weighted by atomic mass is 10.1. The second kappa shape index (κ2) is 6.15. The number of nitrogens with zero attached hydrogens (tertiary/aromatic N) is 3. The number of hydrogen-bond acceptors (Lipinski definition) is 3. The van der Waals surface area contributed by atoms with Crippen LogP contribution in [0.5, 0.6) is 0 Å². The quantitative estimate of drug-likeness (QED) is 0.835. The minimum Gasteiger partial charge on any atom is -0.336 e. The Kier molecular flexibility index (Phi) is 4.53. The van der Waals surface area contributed by atoms with Gasteiger partial charge in [0, 0.05) is 38.1 Å². The van der Waals surface area contributed by atoms with Crippen molar-refractivity contribution in [3.8, 4) is 0 Å². The number of piperazine rings is 1. The molecule has 1 aliphatic rings. The highest BCUT2D eigenvalue weighted by Crippen LogP contribution is 2.13. The Hall–Kier alpha value is -1.42. The van der Waals surface area contributed by atoms with E-state index in [1.54, 1.807) is 6.20 Å². The summed E-state index contributed by atoms with van der Waals surface area (Å²) in [6, 6.07) is 3.86. The minimum absolute atomic E-state index is 0.110. The van der Waals surface area contributed by atoms with Crippen LogP contribution in [0.15, 0.2) is 18.3 Å². The zero-order valence-electron chi connectivity index (χ0n) is 12.1. The van der Waals surface area contributed by atoms with E-state index < -0.39 is 0 Å². The van der Waals surface area contributed by atoms with Crippen LogP contribution in [0, 0.1) is 0 Å². The summed E-state index contributed by atoms with van der Waals surface area (Å²) < 4.78 is 0. The van der Waals surface area contributed by atoms with Gasteiger partial charge in [-0.3, -0.25) is 9.78 Å². The second-order valence-electron chi connectivity index (χ2n) is 5.35. The summed E-state index contributed by atoms with van der Waals surface area (Å²) in [6.07, 6.45) is 1.71. The summed E-state index contributed by atoms with van der Waals surface area (Å²) in [5.74, 6) is 0.510. The highest BCUT2D eigenvalue weighted by Gasteiger charge is 2.21. The summed E-state index contributed by atoms with van der Waals surface area (Å²) in [6.45, 7) is 11.0. The molecule has 1 aliphatic heterocycles. The van der Waals surface area contributed by atoms with Crippen LogP contribution in [0.2, 0.25) is 0 Å². The number of likely N-dealkylation sites (N-methyl/N-ethyl adjacent to an activating group) is 1. The van der Waals surface area contributed by atoms with Gasteiger partial charge in [-0.1, -0.05) is 20.8 Å². The topological polar surface area (TPSA) is 36.4 Å². The first kappa shape index (κ1) is 14.0. The Balaban J connectivity index is 2.00. The van der Waals surface area contributed by atoms with Crippen LogP contribution in [-0.2, 0) is 0 Å². The number of rotatable bonds is 3. The maximum atomic E-state index is 12.3. The van der Waals surface area contributed by atoms with Crippen molar-refractivity contribution in [2.75, 3.05) is 32.7 Å². The highest BCUT2D eigenvalue weighted by atomic mass is 16.2. The average Bonchev–Trinajstić information content (AvgIpc) is 2.46. The third-order valence-electron chi connectivity index (χ3n) is 3.73. The summed E-state index contributed by atoms with van der Waals surface area (Å²) in [5, 5.41) is 0. The summed E-state index contributed by atoms with van der Waals surface area (Å²) >= 11 is 0. The predicted octanol–water partition coefficient (Wildman–Crippen LogP) is 1.98. The highest BCUT2D eigenvalue weighted by molar-refractivity contribution is 5.94. The lowest BCUT2D eigenvalue weighted by Gasteiger charge is -2.34. The largest absolute Gasteiger partial charge is 0.336 e. The Bertz CT molecular complexity index is 420. The van der Waals surface area contributed by atoms with E-state index in [1.165, 1.54) is 0 Å². The third-order valence-corrected chi connectivity index (χ3v) is 3.73. The Morgan fingerprint density at radius 2 is 1.95 bits per heavy atom. The van der Waals surface area contributed by atoms with E-state index in [4.69, 9.17) is 0 Å². The van der Waals surface area contributed by atoms with Crippen molar-refractivity contribution in [1.29, 1.82) is 0 Å². The molecule has 0 atom stereocenters. The first-order valence-corrected chi connectivity index (χ1v) is 7.09. The molecule has 1 aromatic heterocycles. The average molecular weight is 261 g/mol. The molecule has 4 nitrogen and oxygen atoms in total. The van der Waals surface area contributed by atoms with Crippen LogP contribution in [0.25, 0.3) is 0 Å². The fraction of sp³-hybridized carbons (Fsp3) is 0.600. The Labute approximate surface area is 115 Å². The fourth-order valence-electron chi connectivity index (χ4n) is 2.32. The first-order chi connectivity index (χ1) is 9.11. The van der Waals surface area contributed by atoms with Crippen molar-refractivity contribution in [3.63, 3.8) is 0 Å². The van der Waals surface area contributed by atoms with Crippen molar-refractivity contribution < 1.29 is 4.79 Å². The second-order valence-corrected chi connectivity index (χ2v) is 5.35. The van der Waals surface area contributed by atoms with Gasteiger partial charge in [0.05, 0.1) is 5.56 Å². The molecule has 0 bridgehead atoms. The van der Waals surface area contributed by atoms with E-state index in [0.717, 1.165) is 38.4 Å². The number of aromatic nitrogens is 1. The van der Waals surface area contributed by atoms with Gasteiger partial charge in [-0.25, -0.2) is 0 Å². The molecule has 4 heteroatoms. The van der Waals surface area contributed by atoms with Gasteiger partial charge in [0.2, 0.25) is 0 Å². The molecule has 104 valence electrons. The SMILES string of the molecule is CCN1CCN(C(=O)c2ccc(C(C)C)nc2)CC1. The van der Waals surface area contributed by atoms with Gasteiger partial charge in [-0.15, -0.1) is 0 Å². The van der Waals surface area contributed by atoms with Crippen LogP contribution in [-0.4, -0.2) is 53.4 Å². The standard InChI is InChI=1S/C15H23N3O/c1-4-17-7-9-18(10-8-17)15(19)13-5-6-14(12(2)3)16-11-13/h5-6,11-12H,4,7-10H2,1-3H3. The molecule has 0 unspecified atom stereocenters. The molecule has 2 heterocycles. The minimum atomic E-state index is 0.110. The van der Waals surface area contributed by atoms with Gasteiger partial charge in [0.15, 0.2) is 0 Å². The van der Waals surface area contributed by atoms with Gasteiger partial charge in [-0.2, -0.15) is 0 Å². The van der Waals surface area contributed by atoms with Gasteiger partial charge in [0.25, 0.3) is 5.91 Å². The molecule has 2 rings (SSSR count). The van der Waals surface area contributed by atoms with Gasteiger partial charge >= 0.3 is 0 Å². The fourth-order valence-corrected chi connectivity index (χ4v) is 2.32. The summed E-state index contributed by atoms with van der Waals surface area (Å²) in [7, 11) is 0. The van der Waals surface area contributed by atoms with Crippen LogP contribution < -0.4 is 0 Å². The lowest BCUT2D eigenvalue weighted by molar-refractivity contribution is 0.0643. The number of carbonyl (C=O) groups is 1. The van der Waals surface area contributed by atoms with Crippen LogP contribution in [0.4, 0.5) is 0 Å². The van der Waals surface area contributed by atoms with Crippen LogP contribution in [0.1, 0.15) is 42.7 Å². The van der Waals surface area contributed by atoms with Crippen molar-refractivity contribution in [1.82, 2.24) is 14.8 Å². The molecular weight excluding hydrogens is 238 g/mol. The van der Waals surface area contributed by atoms with E-state index in [0.29, 0.717) is 11.5 Å². The molecule has 0 spiro atoms. The number of carbonyl (C=O) groups excluding carboxylic acids is 1. The molecule has 1 aromatic rings. The predicted molar refractivity (Wildman–Crippen MR) is 76.3 cm³/mol. The number of amides is 1. The molecule has 0 N–H and O–H groups in total. The van der Waals surface area contributed by atoms with Crippen LogP contribution >= 0.6 is 0 Å². The van der Waals surface area contributed by atoms with Crippen molar-refractivity contribution in [2.24, 2.45) is 0 Å². The normalized spacial score (nSPS) is 16.9. The molecule has 1 amide bonds. The summed E-state index contributed by atoms with van der Waals surface area (Å²) in [4.78, 5) is 21.0. The molecule has 19 heavy (non-hydrogen) atoms. The van der Waals surface area contributed by atoms with Crippen LogP contribution in [0.3, 0.4) is 0 Å². The smallest absolute Gasteiger partial charge is 0.255 e. The number of hydrogen-bond donors (Lipinski definition) is 0. The zero-order valence-corrected chi connectivity index (χ0v) is 12.1. The lowest BCUT2D eigenvalue weighted by Crippen LogP contribution is -2.48. The third kappa shape index (κ3) is 3.32. The van der Waals surface area contributed by atoms with Gasteiger partial charge in [-0.05, 0) is 24.6 Å². The van der Waals surface area contributed by atoms with Crippen molar-refractivity contribution in [2.45, 2.75) is 26.7 Å². The van der Waals surface area contributed by atoms with Gasteiger partial charge in [0.1, 0.15) is 0 Å². The van der Waals surface area contributed by atoms with E-state index >= 15 is 0 Å². The molecular formula is C15H23N3O. The van der Waals surface area contributed by atoms with Crippen molar-refractivity contribution >= 4 is 5.91 Å². The molecule has 0 aliphatic carbocycles.